The summed E-state index contributed by atoms with van der Waals surface area (Å²) >= 11 is 0. The molecule has 0 aliphatic heterocycles. The van der Waals surface area contributed by atoms with Crippen molar-refractivity contribution in [1.29, 1.82) is 0 Å². The van der Waals surface area contributed by atoms with Crippen LogP contribution in [0, 0.1) is 0 Å². The molecule has 0 aromatic heterocycles. The Morgan fingerprint density at radius 3 is 2.43 bits per heavy atom. The van der Waals surface area contributed by atoms with Crippen LogP contribution in [-0.2, 0) is 9.53 Å². The minimum Gasteiger partial charge on any atom is -0.478 e. The van der Waals surface area contributed by atoms with Gasteiger partial charge in [-0.3, -0.25) is 0 Å². The summed E-state index contributed by atoms with van der Waals surface area (Å²) in [7, 11) is 0. The Morgan fingerprint density at radius 2 is 1.93 bits per heavy atom. The molecule has 4 nitrogen and oxygen atoms in total. The smallest absolute Gasteiger partial charge is 0.336 e. The zero-order chi connectivity index (χ0) is 10.6. The molecule has 1 aliphatic carbocycles. The third kappa shape index (κ3) is 2.94. The summed E-state index contributed by atoms with van der Waals surface area (Å²) in [6.07, 6.45) is 5.59. The van der Waals surface area contributed by atoms with Gasteiger partial charge in [-0.1, -0.05) is 6.42 Å². The summed E-state index contributed by atoms with van der Waals surface area (Å²) < 4.78 is 5.39. The van der Waals surface area contributed by atoms with E-state index in [4.69, 9.17) is 15.6 Å². The van der Waals surface area contributed by atoms with Crippen molar-refractivity contribution in [2.24, 2.45) is 5.73 Å². The van der Waals surface area contributed by atoms with Crippen molar-refractivity contribution in [3.63, 3.8) is 0 Å². The van der Waals surface area contributed by atoms with Crippen molar-refractivity contribution < 1.29 is 14.6 Å². The molecule has 0 bridgehead atoms. The Kier molecular flexibility index (Phi) is 3.80. The van der Waals surface area contributed by atoms with E-state index in [1.807, 2.05) is 0 Å². The number of ether oxygens (including phenoxy) is 1. The van der Waals surface area contributed by atoms with Gasteiger partial charge in [0.2, 0.25) is 0 Å². The molecular formula is C10H17NO3. The Bertz CT molecular complexity index is 242. The highest BCUT2D eigenvalue weighted by atomic mass is 16.5. The van der Waals surface area contributed by atoms with Crippen molar-refractivity contribution in [3.8, 4) is 0 Å². The van der Waals surface area contributed by atoms with Crippen LogP contribution in [0.2, 0.25) is 0 Å². The molecule has 0 saturated heterocycles. The predicted octanol–water partition coefficient (Wildman–Crippen LogP) is 1.61. The lowest BCUT2D eigenvalue weighted by Gasteiger charge is -2.23. The Balaban J connectivity index is 2.49. The lowest BCUT2D eigenvalue weighted by Crippen LogP contribution is -2.21. The van der Waals surface area contributed by atoms with Crippen LogP contribution in [-0.4, -0.2) is 17.2 Å². The topological polar surface area (TPSA) is 72.5 Å². The quantitative estimate of drug-likeness (QED) is 0.535. The maximum atomic E-state index is 10.6. The number of carboxylic acids is 1. The van der Waals surface area contributed by atoms with Gasteiger partial charge in [0.05, 0.1) is 5.57 Å². The van der Waals surface area contributed by atoms with E-state index in [9.17, 15) is 4.79 Å². The highest BCUT2D eigenvalue weighted by Gasteiger charge is 2.17. The van der Waals surface area contributed by atoms with E-state index in [0.29, 0.717) is 0 Å². The van der Waals surface area contributed by atoms with Crippen molar-refractivity contribution >= 4 is 5.97 Å². The van der Waals surface area contributed by atoms with Crippen LogP contribution in [0.3, 0.4) is 0 Å². The lowest BCUT2D eigenvalue weighted by molar-refractivity contribution is -0.132. The van der Waals surface area contributed by atoms with Crippen LogP contribution in [0.1, 0.15) is 39.0 Å². The largest absolute Gasteiger partial charge is 0.478 e. The molecule has 0 radical (unpaired) electrons. The van der Waals surface area contributed by atoms with Crippen molar-refractivity contribution in [2.45, 2.75) is 45.1 Å². The van der Waals surface area contributed by atoms with E-state index in [1.165, 1.54) is 13.3 Å². The molecule has 0 aromatic rings. The summed E-state index contributed by atoms with van der Waals surface area (Å²) in [5, 5.41) is 8.66. The molecule has 0 spiro atoms. The molecule has 1 fully saturated rings. The van der Waals surface area contributed by atoms with Gasteiger partial charge in [-0.15, -0.1) is 0 Å². The first-order valence-electron chi connectivity index (χ1n) is 4.97. The molecule has 1 saturated carbocycles. The number of carboxylic acid groups (broad SMARTS) is 1. The summed E-state index contributed by atoms with van der Waals surface area (Å²) in [5.41, 5.74) is 5.62. The van der Waals surface area contributed by atoms with Gasteiger partial charge in [0.1, 0.15) is 6.10 Å². The molecular weight excluding hydrogens is 182 g/mol. The molecule has 1 rings (SSSR count). The summed E-state index contributed by atoms with van der Waals surface area (Å²) in [5.74, 6) is -0.956. The number of rotatable bonds is 3. The SMILES string of the molecule is C/C(C(=O)O)=C(\N)OC1CCCCC1. The molecule has 14 heavy (non-hydrogen) atoms. The fourth-order valence-corrected chi connectivity index (χ4v) is 1.56. The Labute approximate surface area is 83.7 Å². The molecule has 1 aliphatic rings. The minimum atomic E-state index is -1.02. The monoisotopic (exact) mass is 199 g/mol. The second-order valence-corrected chi connectivity index (χ2v) is 3.67. The van der Waals surface area contributed by atoms with Gasteiger partial charge in [-0.25, -0.2) is 4.79 Å². The van der Waals surface area contributed by atoms with Gasteiger partial charge >= 0.3 is 5.97 Å². The molecule has 0 heterocycles. The molecule has 0 unspecified atom stereocenters. The fourth-order valence-electron chi connectivity index (χ4n) is 1.56. The van der Waals surface area contributed by atoms with Crippen molar-refractivity contribution in [2.75, 3.05) is 0 Å². The van der Waals surface area contributed by atoms with E-state index in [0.717, 1.165) is 25.7 Å². The first-order chi connectivity index (χ1) is 6.61. The average molecular weight is 199 g/mol. The van der Waals surface area contributed by atoms with Crippen molar-refractivity contribution in [1.82, 2.24) is 0 Å². The van der Waals surface area contributed by atoms with Crippen LogP contribution in [0.25, 0.3) is 0 Å². The molecule has 80 valence electrons. The second kappa shape index (κ2) is 4.88. The maximum Gasteiger partial charge on any atom is 0.336 e. The van der Waals surface area contributed by atoms with Gasteiger partial charge in [0.15, 0.2) is 5.88 Å². The van der Waals surface area contributed by atoms with Crippen LogP contribution in [0.15, 0.2) is 11.5 Å². The fraction of sp³-hybridized carbons (Fsp3) is 0.700. The van der Waals surface area contributed by atoms with Gasteiger partial charge < -0.3 is 15.6 Å². The van der Waals surface area contributed by atoms with Gasteiger partial charge in [0, 0.05) is 0 Å². The summed E-state index contributed by atoms with van der Waals surface area (Å²) in [6.45, 7) is 1.46. The van der Waals surface area contributed by atoms with Crippen LogP contribution >= 0.6 is 0 Å². The third-order valence-corrected chi connectivity index (χ3v) is 2.54. The van der Waals surface area contributed by atoms with Gasteiger partial charge in [0.25, 0.3) is 0 Å². The molecule has 0 aromatic carbocycles. The molecule has 0 atom stereocenters. The second-order valence-electron chi connectivity index (χ2n) is 3.67. The Morgan fingerprint density at radius 1 is 1.36 bits per heavy atom. The lowest BCUT2D eigenvalue weighted by atomic mass is 9.98. The number of aliphatic carboxylic acids is 1. The number of hydrogen-bond acceptors (Lipinski definition) is 3. The number of hydrogen-bond donors (Lipinski definition) is 2. The van der Waals surface area contributed by atoms with Crippen molar-refractivity contribution in [3.05, 3.63) is 11.5 Å². The Hall–Kier alpha value is -1.19. The third-order valence-electron chi connectivity index (χ3n) is 2.54. The van der Waals surface area contributed by atoms with E-state index in [2.05, 4.69) is 0 Å². The van der Waals surface area contributed by atoms with Crippen LogP contribution in [0.5, 0.6) is 0 Å². The molecule has 0 amide bonds. The number of carbonyl (C=O) groups is 1. The van der Waals surface area contributed by atoms with Crippen LogP contribution < -0.4 is 5.73 Å². The minimum absolute atomic E-state index is 0.0596. The first-order valence-corrected chi connectivity index (χ1v) is 4.97. The molecule has 4 heteroatoms. The summed E-state index contributed by atoms with van der Waals surface area (Å²) in [6, 6.07) is 0. The van der Waals surface area contributed by atoms with E-state index in [1.54, 1.807) is 0 Å². The normalized spacial score (nSPS) is 20.1. The van der Waals surface area contributed by atoms with E-state index in [-0.39, 0.29) is 17.6 Å². The predicted molar refractivity (Wildman–Crippen MR) is 52.5 cm³/mol. The standard InChI is InChI=1S/C10H17NO3/c1-7(10(12)13)9(11)14-8-5-3-2-4-6-8/h8H,2-6,11H2,1H3,(H,12,13)/b9-7-. The molecule has 3 N–H and O–H groups in total. The van der Waals surface area contributed by atoms with E-state index >= 15 is 0 Å². The maximum absolute atomic E-state index is 10.6. The average Bonchev–Trinajstić information content (AvgIpc) is 2.18. The van der Waals surface area contributed by atoms with Gasteiger partial charge in [-0.05, 0) is 32.6 Å². The zero-order valence-corrected chi connectivity index (χ0v) is 8.45. The first kappa shape index (κ1) is 10.9. The summed E-state index contributed by atoms with van der Waals surface area (Å²) in [4.78, 5) is 10.6. The highest BCUT2D eigenvalue weighted by molar-refractivity contribution is 5.86. The highest BCUT2D eigenvalue weighted by Crippen LogP contribution is 2.21. The van der Waals surface area contributed by atoms with Gasteiger partial charge in [-0.2, -0.15) is 0 Å². The van der Waals surface area contributed by atoms with E-state index < -0.39 is 5.97 Å². The number of nitrogens with two attached hydrogens (primary N) is 1. The van der Waals surface area contributed by atoms with Crippen LogP contribution in [0.4, 0.5) is 0 Å². The zero-order valence-electron chi connectivity index (χ0n) is 8.45.